The van der Waals surface area contributed by atoms with Gasteiger partial charge in [0, 0.05) is 48.6 Å². The van der Waals surface area contributed by atoms with Crippen molar-refractivity contribution in [1.82, 2.24) is 9.55 Å². The maximum atomic E-state index is 6.70. The summed E-state index contributed by atoms with van der Waals surface area (Å²) in [5, 5.41) is 7.39. The van der Waals surface area contributed by atoms with Crippen molar-refractivity contribution in [1.29, 1.82) is 0 Å². The zero-order chi connectivity index (χ0) is 34.2. The van der Waals surface area contributed by atoms with Crippen LogP contribution in [0.4, 0.5) is 17.1 Å². The Bertz CT molecular complexity index is 3140. The number of anilines is 3. The van der Waals surface area contributed by atoms with Crippen LogP contribution >= 0.6 is 11.3 Å². The summed E-state index contributed by atoms with van der Waals surface area (Å²) in [6.45, 7) is 0. The molecule has 0 bridgehead atoms. The minimum atomic E-state index is 0.606. The number of para-hydroxylation sites is 2. The van der Waals surface area contributed by atoms with Crippen LogP contribution < -0.4 is 4.90 Å². The summed E-state index contributed by atoms with van der Waals surface area (Å²) < 4.78 is 11.6. The highest BCUT2D eigenvalue weighted by Gasteiger charge is 2.24. The first-order chi connectivity index (χ1) is 25.8. The van der Waals surface area contributed by atoms with Crippen LogP contribution in [0.2, 0.25) is 0 Å². The molecule has 8 aromatic carbocycles. The van der Waals surface area contributed by atoms with Gasteiger partial charge < -0.3 is 13.9 Å². The van der Waals surface area contributed by atoms with Gasteiger partial charge in [0.2, 0.25) is 5.89 Å². The average molecular weight is 684 g/mol. The molecule has 0 spiro atoms. The number of hydrogen-bond acceptors (Lipinski definition) is 4. The molecule has 0 unspecified atom stereocenters. The van der Waals surface area contributed by atoms with Crippen molar-refractivity contribution in [2.24, 2.45) is 0 Å². The number of fused-ring (bicyclic) bond motifs is 9. The van der Waals surface area contributed by atoms with Crippen molar-refractivity contribution in [2.45, 2.75) is 0 Å². The van der Waals surface area contributed by atoms with Crippen molar-refractivity contribution in [3.8, 4) is 17.1 Å². The predicted molar refractivity (Wildman–Crippen MR) is 219 cm³/mol. The molecule has 11 rings (SSSR count). The van der Waals surface area contributed by atoms with E-state index in [-0.39, 0.29) is 0 Å². The van der Waals surface area contributed by atoms with E-state index in [1.165, 1.54) is 47.2 Å². The van der Waals surface area contributed by atoms with Crippen molar-refractivity contribution in [3.63, 3.8) is 0 Å². The van der Waals surface area contributed by atoms with Gasteiger partial charge in [0.05, 0.1) is 27.1 Å². The lowest BCUT2D eigenvalue weighted by Crippen LogP contribution is -2.10. The van der Waals surface area contributed by atoms with Crippen molar-refractivity contribution in [3.05, 3.63) is 176 Å². The summed E-state index contributed by atoms with van der Waals surface area (Å²) in [7, 11) is 0. The molecule has 0 aliphatic rings. The number of nitrogens with zero attached hydrogens (tertiary/aromatic N) is 3. The van der Waals surface area contributed by atoms with E-state index in [1.54, 1.807) is 0 Å². The molecule has 0 atom stereocenters. The lowest BCUT2D eigenvalue weighted by molar-refractivity contribution is 0.620. The van der Waals surface area contributed by atoms with Gasteiger partial charge in [-0.1, -0.05) is 115 Å². The molecule has 5 heteroatoms. The molecule has 0 aliphatic carbocycles. The molecule has 0 saturated carbocycles. The van der Waals surface area contributed by atoms with Gasteiger partial charge in [0.15, 0.2) is 5.58 Å². The maximum Gasteiger partial charge on any atom is 0.227 e. The highest BCUT2D eigenvalue weighted by atomic mass is 32.1. The first-order valence-corrected chi connectivity index (χ1v) is 18.3. The summed E-state index contributed by atoms with van der Waals surface area (Å²) in [5.74, 6) is 0.606. The Labute approximate surface area is 303 Å². The number of hydrogen-bond donors (Lipinski definition) is 0. The highest BCUT2D eigenvalue weighted by Crippen LogP contribution is 2.48. The number of benzene rings is 8. The Morgan fingerprint density at radius 3 is 2.13 bits per heavy atom. The molecule has 11 aromatic rings. The second-order valence-corrected chi connectivity index (χ2v) is 14.2. The van der Waals surface area contributed by atoms with Gasteiger partial charge in [0.25, 0.3) is 0 Å². The number of aromatic nitrogens is 2. The lowest BCUT2D eigenvalue weighted by atomic mass is 10.1. The van der Waals surface area contributed by atoms with Crippen LogP contribution in [0.5, 0.6) is 0 Å². The van der Waals surface area contributed by atoms with E-state index in [0.717, 1.165) is 44.9 Å². The summed E-state index contributed by atoms with van der Waals surface area (Å²) >= 11 is 1.83. The molecule has 0 N–H and O–H groups in total. The molecule has 0 fully saturated rings. The molecule has 3 heterocycles. The Balaban J connectivity index is 1.24. The fraction of sp³-hybridized carbons (Fsp3) is 0. The van der Waals surface area contributed by atoms with Crippen LogP contribution in [-0.2, 0) is 0 Å². The molecular weight excluding hydrogens is 655 g/mol. The maximum absolute atomic E-state index is 6.70. The van der Waals surface area contributed by atoms with Gasteiger partial charge >= 0.3 is 0 Å². The van der Waals surface area contributed by atoms with E-state index in [0.29, 0.717) is 5.89 Å². The molecular formula is C47H29N3OS. The Morgan fingerprint density at radius 2 is 1.25 bits per heavy atom. The van der Waals surface area contributed by atoms with Gasteiger partial charge in [-0.3, -0.25) is 0 Å². The third kappa shape index (κ3) is 4.36. The van der Waals surface area contributed by atoms with Crippen LogP contribution in [-0.4, -0.2) is 9.55 Å². The Kier molecular flexibility index (Phi) is 6.39. The van der Waals surface area contributed by atoms with Gasteiger partial charge in [-0.2, -0.15) is 0 Å². The molecule has 0 saturated heterocycles. The third-order valence-corrected chi connectivity index (χ3v) is 11.4. The van der Waals surface area contributed by atoms with Gasteiger partial charge in [-0.25, -0.2) is 4.98 Å². The number of oxazole rings is 1. The number of thiophene rings is 1. The summed E-state index contributed by atoms with van der Waals surface area (Å²) in [4.78, 5) is 7.34. The fourth-order valence-electron chi connectivity index (χ4n) is 7.88. The van der Waals surface area contributed by atoms with E-state index in [1.807, 2.05) is 47.7 Å². The SMILES string of the molecule is c1ccc(-c2nc3cccc(N(c4ccc5c6ccc7ccccc7c6n(-c6ccccc6)c5c4)c4cccc5c4sc4ccccc45)c3o2)cc1. The largest absolute Gasteiger partial charge is 0.434 e. The smallest absolute Gasteiger partial charge is 0.227 e. The topological polar surface area (TPSA) is 34.2 Å². The van der Waals surface area contributed by atoms with Crippen LogP contribution in [0, 0.1) is 0 Å². The van der Waals surface area contributed by atoms with Crippen LogP contribution in [0.3, 0.4) is 0 Å². The molecule has 4 nitrogen and oxygen atoms in total. The second-order valence-electron chi connectivity index (χ2n) is 13.2. The van der Waals surface area contributed by atoms with E-state index in [9.17, 15) is 0 Å². The summed E-state index contributed by atoms with van der Waals surface area (Å²) in [6, 6.07) is 62.5. The standard InChI is InChI=1S/C47H29N3OS/c1-3-14-31(15-4-1)47-48-39-21-12-22-40(45(39)51-47)49(41-23-11-20-38-36-19-9-10-24-43(36)52-46(38)41)33-26-28-35-37-27-25-30-13-7-8-18-34(30)44(37)50(42(35)29-33)32-16-5-2-6-17-32/h1-29H. The number of rotatable bonds is 5. The van der Waals surface area contributed by atoms with Crippen molar-refractivity contribution < 1.29 is 4.42 Å². The van der Waals surface area contributed by atoms with Gasteiger partial charge in [0.1, 0.15) is 5.52 Å². The zero-order valence-corrected chi connectivity index (χ0v) is 28.7. The van der Waals surface area contributed by atoms with Gasteiger partial charge in [-0.05, 0) is 66.0 Å². The first-order valence-electron chi connectivity index (χ1n) is 17.5. The Hall–Kier alpha value is -6.69. The van der Waals surface area contributed by atoms with Crippen molar-refractivity contribution >= 4 is 92.2 Å². The molecule has 0 radical (unpaired) electrons. The normalized spacial score (nSPS) is 11.8. The van der Waals surface area contributed by atoms with E-state index >= 15 is 0 Å². The second kappa shape index (κ2) is 11.4. The quantitative estimate of drug-likeness (QED) is 0.181. The van der Waals surface area contributed by atoms with Crippen LogP contribution in [0.25, 0.3) is 81.0 Å². The summed E-state index contributed by atoms with van der Waals surface area (Å²) in [5.41, 5.74) is 9.04. The minimum absolute atomic E-state index is 0.606. The molecule has 244 valence electrons. The van der Waals surface area contributed by atoms with E-state index in [4.69, 9.17) is 9.40 Å². The monoisotopic (exact) mass is 683 g/mol. The highest BCUT2D eigenvalue weighted by molar-refractivity contribution is 7.26. The van der Waals surface area contributed by atoms with Gasteiger partial charge in [-0.15, -0.1) is 11.3 Å². The molecule has 0 amide bonds. The molecule has 52 heavy (non-hydrogen) atoms. The van der Waals surface area contributed by atoms with E-state index < -0.39 is 0 Å². The fourth-order valence-corrected chi connectivity index (χ4v) is 9.09. The molecule has 0 aliphatic heterocycles. The lowest BCUT2D eigenvalue weighted by Gasteiger charge is -2.26. The van der Waals surface area contributed by atoms with Crippen LogP contribution in [0.1, 0.15) is 0 Å². The first kappa shape index (κ1) is 29.1. The summed E-state index contributed by atoms with van der Waals surface area (Å²) in [6.07, 6.45) is 0. The van der Waals surface area contributed by atoms with E-state index in [2.05, 4.69) is 149 Å². The molecule has 3 aromatic heterocycles. The average Bonchev–Trinajstić information content (AvgIpc) is 3.91. The van der Waals surface area contributed by atoms with Crippen LogP contribution in [0.15, 0.2) is 180 Å². The van der Waals surface area contributed by atoms with Crippen molar-refractivity contribution in [2.75, 3.05) is 4.90 Å². The Morgan fingerprint density at radius 1 is 0.538 bits per heavy atom. The third-order valence-electron chi connectivity index (χ3n) is 10.2. The zero-order valence-electron chi connectivity index (χ0n) is 27.9. The predicted octanol–water partition coefficient (Wildman–Crippen LogP) is 13.6. The minimum Gasteiger partial charge on any atom is -0.434 e.